The average Bonchev–Trinajstić information content (AvgIpc) is 3.25. The maximum Gasteiger partial charge on any atom is 0.293 e. The van der Waals surface area contributed by atoms with Crippen molar-refractivity contribution in [2.24, 2.45) is 0 Å². The molecular weight excluding hydrogens is 467 g/mol. The summed E-state index contributed by atoms with van der Waals surface area (Å²) >= 11 is 5.07. The van der Waals surface area contributed by atoms with Gasteiger partial charge in [0.2, 0.25) is 34.8 Å². The molecule has 0 aliphatic carbocycles. The lowest BCUT2D eigenvalue weighted by Crippen LogP contribution is -2.33. The fourth-order valence-corrected chi connectivity index (χ4v) is 3.03. The van der Waals surface area contributed by atoms with E-state index in [1.165, 1.54) is 24.3 Å². The molecule has 2 N–H and O–H groups in total. The zero-order valence-electron chi connectivity index (χ0n) is 16.2. The molecule has 0 bridgehead atoms. The smallest absolute Gasteiger partial charge is 0.293 e. The molecular formula is C22H11F5N2O3S. The van der Waals surface area contributed by atoms with Gasteiger partial charge in [-0.15, -0.1) is 0 Å². The third-order valence-electron chi connectivity index (χ3n) is 4.38. The number of halogens is 5. The number of furan rings is 1. The van der Waals surface area contributed by atoms with E-state index in [1.807, 2.05) is 0 Å². The van der Waals surface area contributed by atoms with Gasteiger partial charge in [-0.2, -0.15) is 8.78 Å². The van der Waals surface area contributed by atoms with Gasteiger partial charge >= 0.3 is 0 Å². The van der Waals surface area contributed by atoms with Gasteiger partial charge in [-0.1, -0.05) is 18.2 Å². The lowest BCUT2D eigenvalue weighted by atomic mass is 10.2. The van der Waals surface area contributed by atoms with Crippen molar-refractivity contribution in [3.8, 4) is 11.5 Å². The van der Waals surface area contributed by atoms with E-state index in [9.17, 15) is 26.7 Å². The summed E-state index contributed by atoms with van der Waals surface area (Å²) in [4.78, 5) is 12.3. The van der Waals surface area contributed by atoms with Gasteiger partial charge < -0.3 is 14.5 Å². The van der Waals surface area contributed by atoms with E-state index in [-0.39, 0.29) is 16.6 Å². The molecule has 0 atom stereocenters. The van der Waals surface area contributed by atoms with Crippen LogP contribution in [0, 0.1) is 29.1 Å². The first-order chi connectivity index (χ1) is 15.7. The van der Waals surface area contributed by atoms with Crippen LogP contribution in [-0.4, -0.2) is 11.0 Å². The molecule has 0 fully saturated rings. The normalized spacial score (nSPS) is 10.8. The Hall–Kier alpha value is -3.99. The summed E-state index contributed by atoms with van der Waals surface area (Å²) in [5.74, 6) is -12.9. The summed E-state index contributed by atoms with van der Waals surface area (Å²) < 4.78 is 77.5. The van der Waals surface area contributed by atoms with E-state index >= 15 is 0 Å². The molecule has 3 aromatic carbocycles. The number of amides is 1. The van der Waals surface area contributed by atoms with E-state index in [0.717, 1.165) is 5.39 Å². The van der Waals surface area contributed by atoms with Crippen molar-refractivity contribution in [1.29, 1.82) is 0 Å². The van der Waals surface area contributed by atoms with E-state index < -0.39 is 40.7 Å². The lowest BCUT2D eigenvalue weighted by molar-refractivity contribution is 0.0953. The molecule has 168 valence electrons. The highest BCUT2D eigenvalue weighted by atomic mass is 32.1. The zero-order valence-corrected chi connectivity index (χ0v) is 17.0. The maximum atomic E-state index is 13.7. The van der Waals surface area contributed by atoms with Crippen molar-refractivity contribution >= 4 is 39.9 Å². The predicted molar refractivity (Wildman–Crippen MR) is 113 cm³/mol. The van der Waals surface area contributed by atoms with Crippen LogP contribution in [0.4, 0.5) is 27.6 Å². The molecule has 0 unspecified atom stereocenters. The van der Waals surface area contributed by atoms with Crippen molar-refractivity contribution in [2.45, 2.75) is 0 Å². The molecule has 1 amide bonds. The topological polar surface area (TPSA) is 63.5 Å². The highest BCUT2D eigenvalue weighted by Crippen LogP contribution is 2.33. The summed E-state index contributed by atoms with van der Waals surface area (Å²) in [6.45, 7) is 0. The van der Waals surface area contributed by atoms with Gasteiger partial charge in [-0.25, -0.2) is 13.2 Å². The number of anilines is 1. The van der Waals surface area contributed by atoms with Gasteiger partial charge in [0.15, 0.2) is 10.9 Å². The molecule has 0 aliphatic heterocycles. The van der Waals surface area contributed by atoms with Gasteiger partial charge in [0.1, 0.15) is 11.3 Å². The van der Waals surface area contributed by atoms with Crippen LogP contribution < -0.4 is 15.4 Å². The Labute approximate surface area is 187 Å². The minimum atomic E-state index is -2.28. The number of carbonyl (C=O) groups is 1. The molecule has 11 heteroatoms. The van der Waals surface area contributed by atoms with E-state index in [4.69, 9.17) is 21.4 Å². The molecule has 0 saturated heterocycles. The van der Waals surface area contributed by atoms with Crippen LogP contribution in [0.1, 0.15) is 10.6 Å². The molecule has 33 heavy (non-hydrogen) atoms. The second-order valence-corrected chi connectivity index (χ2v) is 6.99. The summed E-state index contributed by atoms with van der Waals surface area (Å²) in [5.41, 5.74) is 0.876. The van der Waals surface area contributed by atoms with Crippen molar-refractivity contribution in [3.05, 3.63) is 89.4 Å². The first kappa shape index (κ1) is 22.2. The summed E-state index contributed by atoms with van der Waals surface area (Å²) in [6.07, 6.45) is 0. The van der Waals surface area contributed by atoms with Gasteiger partial charge in [-0.3, -0.25) is 10.1 Å². The van der Waals surface area contributed by atoms with Crippen LogP contribution in [0.15, 0.2) is 59.0 Å². The molecule has 0 aliphatic rings. The number of hydrogen-bond acceptors (Lipinski definition) is 4. The number of fused-ring (bicyclic) bond motifs is 1. The molecule has 5 nitrogen and oxygen atoms in total. The summed E-state index contributed by atoms with van der Waals surface area (Å²) in [6, 6.07) is 13.7. The fourth-order valence-electron chi connectivity index (χ4n) is 2.82. The van der Waals surface area contributed by atoms with Gasteiger partial charge in [-0.05, 0) is 48.6 Å². The van der Waals surface area contributed by atoms with E-state index in [0.29, 0.717) is 11.3 Å². The number of nitrogens with one attached hydrogen (secondary N) is 2. The van der Waals surface area contributed by atoms with Gasteiger partial charge in [0.25, 0.3) is 5.91 Å². The van der Waals surface area contributed by atoms with Crippen molar-refractivity contribution in [3.63, 3.8) is 0 Å². The fraction of sp³-hybridized carbons (Fsp3) is 0. The number of hydrogen-bond donors (Lipinski definition) is 2. The second-order valence-electron chi connectivity index (χ2n) is 6.58. The van der Waals surface area contributed by atoms with E-state index in [1.54, 1.807) is 30.3 Å². The summed E-state index contributed by atoms with van der Waals surface area (Å²) in [5, 5.41) is 5.80. The number of carbonyl (C=O) groups excluding carboxylic acids is 1. The Morgan fingerprint density at radius 3 is 2.09 bits per heavy atom. The van der Waals surface area contributed by atoms with Crippen molar-refractivity contribution < 1.29 is 35.9 Å². The largest absolute Gasteiger partial charge is 0.451 e. The van der Waals surface area contributed by atoms with Crippen LogP contribution in [-0.2, 0) is 0 Å². The first-order valence-corrected chi connectivity index (χ1v) is 9.55. The highest BCUT2D eigenvalue weighted by molar-refractivity contribution is 7.80. The summed E-state index contributed by atoms with van der Waals surface area (Å²) in [7, 11) is 0. The Bertz CT molecular complexity index is 1330. The van der Waals surface area contributed by atoms with Gasteiger partial charge in [0, 0.05) is 11.1 Å². The predicted octanol–water partition coefficient (Wildman–Crippen LogP) is 6.05. The van der Waals surface area contributed by atoms with Crippen LogP contribution >= 0.6 is 12.2 Å². The maximum absolute atomic E-state index is 13.7. The molecule has 0 spiro atoms. The Kier molecular flexibility index (Phi) is 5.97. The third-order valence-corrected chi connectivity index (χ3v) is 4.58. The molecule has 1 heterocycles. The second kappa shape index (κ2) is 8.87. The zero-order chi connectivity index (χ0) is 23.7. The molecule has 4 rings (SSSR count). The van der Waals surface area contributed by atoms with Crippen LogP contribution in [0.2, 0.25) is 0 Å². The minimum absolute atomic E-state index is 0.0481. The SMILES string of the molecule is O=C(NC(=S)Nc1ccc(Oc2c(F)c(F)c(F)c(F)c2F)cc1)c1cc2ccccc2o1. The molecule has 0 radical (unpaired) electrons. The Morgan fingerprint density at radius 1 is 0.848 bits per heavy atom. The number of thiocarbonyl (C=S) groups is 1. The number of rotatable bonds is 4. The van der Waals surface area contributed by atoms with E-state index in [2.05, 4.69) is 10.6 Å². The first-order valence-electron chi connectivity index (χ1n) is 9.15. The number of para-hydroxylation sites is 1. The standard InChI is InChI=1S/C22H11F5N2O3S/c23-15-16(24)18(26)20(19(27)17(15)25)31-12-7-5-11(6-8-12)28-22(33)29-21(30)14-9-10-3-1-2-4-13(10)32-14/h1-9H,(H2,28,29,30,33). The Morgan fingerprint density at radius 2 is 1.45 bits per heavy atom. The quantitative estimate of drug-likeness (QED) is 0.162. The average molecular weight is 478 g/mol. The minimum Gasteiger partial charge on any atom is -0.451 e. The molecule has 0 saturated carbocycles. The van der Waals surface area contributed by atoms with Crippen LogP contribution in [0.25, 0.3) is 11.0 Å². The third kappa shape index (κ3) is 4.48. The molecule has 1 aromatic heterocycles. The molecule has 4 aromatic rings. The van der Waals surface area contributed by atoms with Crippen LogP contribution in [0.3, 0.4) is 0 Å². The Balaban J connectivity index is 1.41. The number of ether oxygens (including phenoxy) is 1. The number of benzene rings is 3. The van der Waals surface area contributed by atoms with Crippen molar-refractivity contribution in [2.75, 3.05) is 5.32 Å². The van der Waals surface area contributed by atoms with Crippen molar-refractivity contribution in [1.82, 2.24) is 5.32 Å². The van der Waals surface area contributed by atoms with Crippen LogP contribution in [0.5, 0.6) is 11.5 Å². The highest BCUT2D eigenvalue weighted by Gasteiger charge is 2.27. The lowest BCUT2D eigenvalue weighted by Gasteiger charge is -2.11. The van der Waals surface area contributed by atoms with Gasteiger partial charge in [0.05, 0.1) is 0 Å². The monoisotopic (exact) mass is 478 g/mol.